The number of hydrogen-bond donors (Lipinski definition) is 2. The van der Waals surface area contributed by atoms with Crippen LogP contribution in [0.4, 0.5) is 5.13 Å². The normalized spacial score (nSPS) is 29.9. The number of rotatable bonds is 3. The highest BCUT2D eigenvalue weighted by molar-refractivity contribution is 7.15. The van der Waals surface area contributed by atoms with Gasteiger partial charge in [0.25, 0.3) is 0 Å². The maximum atomic E-state index is 11.4. The number of fused-ring (bicyclic) bond motifs is 1. The van der Waals surface area contributed by atoms with Crippen molar-refractivity contribution in [3.05, 3.63) is 10.6 Å². The molecule has 0 amide bonds. The molecule has 3 atom stereocenters. The molecule has 1 saturated heterocycles. The van der Waals surface area contributed by atoms with E-state index in [1.807, 2.05) is 0 Å². The molecule has 2 N–H and O–H groups in total. The summed E-state index contributed by atoms with van der Waals surface area (Å²) in [4.78, 5) is 17.1. The van der Waals surface area contributed by atoms with E-state index >= 15 is 0 Å². The summed E-state index contributed by atoms with van der Waals surface area (Å²) in [7, 11) is 0. The van der Waals surface area contributed by atoms with E-state index in [0.717, 1.165) is 28.5 Å². The maximum Gasteiger partial charge on any atom is 0.312 e. The van der Waals surface area contributed by atoms with Crippen LogP contribution < -0.4 is 5.43 Å². The Morgan fingerprint density at radius 2 is 2.00 bits per heavy atom. The van der Waals surface area contributed by atoms with Crippen LogP contribution in [-0.2, 0) is 11.2 Å². The largest absolute Gasteiger partial charge is 0.481 e. The highest BCUT2D eigenvalue weighted by Gasteiger charge is 2.31. The van der Waals surface area contributed by atoms with Crippen molar-refractivity contribution in [2.24, 2.45) is 0 Å². The van der Waals surface area contributed by atoms with Crippen molar-refractivity contribution >= 4 is 22.4 Å². The van der Waals surface area contributed by atoms with Gasteiger partial charge in [0.2, 0.25) is 0 Å². The Balaban J connectivity index is 1.79. The molecule has 1 aliphatic heterocycles. The molecule has 21 heavy (non-hydrogen) atoms. The van der Waals surface area contributed by atoms with Crippen LogP contribution in [0, 0.1) is 0 Å². The Bertz CT molecular complexity index is 521. The monoisotopic (exact) mass is 309 g/mol. The fourth-order valence-electron chi connectivity index (χ4n) is 3.46. The molecule has 0 radical (unpaired) electrons. The fraction of sp³-hybridized carbons (Fsp3) is 0.733. The van der Waals surface area contributed by atoms with E-state index in [1.165, 1.54) is 19.3 Å². The summed E-state index contributed by atoms with van der Waals surface area (Å²) in [6.45, 7) is 4.46. The van der Waals surface area contributed by atoms with Gasteiger partial charge in [0.15, 0.2) is 5.13 Å². The van der Waals surface area contributed by atoms with Gasteiger partial charge in [0, 0.05) is 17.0 Å². The Morgan fingerprint density at radius 3 is 2.67 bits per heavy atom. The van der Waals surface area contributed by atoms with Crippen molar-refractivity contribution in [1.82, 2.24) is 9.99 Å². The third-order valence-corrected chi connectivity index (χ3v) is 5.71. The van der Waals surface area contributed by atoms with Crippen LogP contribution in [0.3, 0.4) is 0 Å². The van der Waals surface area contributed by atoms with Crippen molar-refractivity contribution in [2.45, 2.75) is 70.4 Å². The van der Waals surface area contributed by atoms with Crippen molar-refractivity contribution in [2.75, 3.05) is 5.43 Å². The molecule has 0 spiro atoms. The Hall–Kier alpha value is -1.14. The minimum Gasteiger partial charge on any atom is -0.481 e. The number of aliphatic carboxylic acids is 1. The van der Waals surface area contributed by atoms with E-state index < -0.39 is 11.9 Å². The highest BCUT2D eigenvalue weighted by atomic mass is 32.1. The fourth-order valence-corrected chi connectivity index (χ4v) is 4.53. The molecular weight excluding hydrogens is 286 g/mol. The molecule has 2 heterocycles. The molecule has 0 aromatic carbocycles. The lowest BCUT2D eigenvalue weighted by Gasteiger charge is -2.38. The van der Waals surface area contributed by atoms with Crippen LogP contribution in [0.2, 0.25) is 0 Å². The number of aromatic nitrogens is 1. The SMILES string of the molecule is CC1CCCC(C)N1Nc1nc2c(s1)CCCC2C(=O)O. The number of piperidine rings is 1. The van der Waals surface area contributed by atoms with Crippen molar-refractivity contribution in [3.8, 4) is 0 Å². The number of carboxylic acid groups (broad SMARTS) is 1. The molecule has 6 heteroatoms. The van der Waals surface area contributed by atoms with Crippen molar-refractivity contribution < 1.29 is 9.90 Å². The number of aryl methyl sites for hydroxylation is 1. The number of hydrogen-bond acceptors (Lipinski definition) is 5. The number of nitrogens with one attached hydrogen (secondary N) is 1. The molecule has 3 unspecified atom stereocenters. The van der Waals surface area contributed by atoms with Gasteiger partial charge in [0.05, 0.1) is 5.69 Å². The first-order valence-corrected chi connectivity index (χ1v) is 8.65. The van der Waals surface area contributed by atoms with Crippen LogP contribution in [0.25, 0.3) is 0 Å². The Kier molecular flexibility index (Phi) is 4.17. The third kappa shape index (κ3) is 2.92. The summed E-state index contributed by atoms with van der Waals surface area (Å²) in [5, 5.41) is 12.5. The first kappa shape index (κ1) is 14.8. The highest BCUT2D eigenvalue weighted by Crippen LogP contribution is 2.37. The maximum absolute atomic E-state index is 11.4. The molecule has 0 saturated carbocycles. The summed E-state index contributed by atoms with van der Waals surface area (Å²) in [6.07, 6.45) is 6.28. The van der Waals surface area contributed by atoms with Crippen molar-refractivity contribution in [3.63, 3.8) is 0 Å². The first-order chi connectivity index (χ1) is 10.1. The number of carboxylic acids is 1. The van der Waals surface area contributed by atoms with E-state index in [-0.39, 0.29) is 0 Å². The quantitative estimate of drug-likeness (QED) is 0.897. The van der Waals surface area contributed by atoms with E-state index in [9.17, 15) is 9.90 Å². The van der Waals surface area contributed by atoms with Gasteiger partial charge in [-0.2, -0.15) is 0 Å². The number of anilines is 1. The lowest BCUT2D eigenvalue weighted by molar-refractivity contribution is -0.139. The van der Waals surface area contributed by atoms with Gasteiger partial charge in [-0.05, 0) is 46.0 Å². The van der Waals surface area contributed by atoms with Gasteiger partial charge in [-0.15, -0.1) is 11.3 Å². The zero-order valence-electron chi connectivity index (χ0n) is 12.6. The molecule has 2 aliphatic rings. The minimum absolute atomic E-state index is 0.420. The number of carbonyl (C=O) groups is 1. The van der Waals surface area contributed by atoms with E-state index in [1.54, 1.807) is 11.3 Å². The Morgan fingerprint density at radius 1 is 1.29 bits per heavy atom. The molecular formula is C15H23N3O2S. The zero-order valence-corrected chi connectivity index (χ0v) is 13.4. The number of nitrogens with zero attached hydrogens (tertiary/aromatic N) is 2. The molecule has 1 aromatic rings. The average Bonchev–Trinajstić information content (AvgIpc) is 2.85. The summed E-state index contributed by atoms with van der Waals surface area (Å²) < 4.78 is 0. The standard InChI is InChI=1S/C15H23N3O2S/c1-9-5-3-6-10(2)18(9)17-15-16-13-11(14(19)20)7-4-8-12(13)21-15/h9-11H,3-8H2,1-2H3,(H,16,17)(H,19,20). The smallest absolute Gasteiger partial charge is 0.312 e. The molecule has 1 aromatic heterocycles. The lowest BCUT2D eigenvalue weighted by atomic mass is 9.91. The van der Waals surface area contributed by atoms with Gasteiger partial charge >= 0.3 is 5.97 Å². The molecule has 3 rings (SSSR count). The molecule has 116 valence electrons. The summed E-state index contributed by atoms with van der Waals surface area (Å²) in [5.41, 5.74) is 4.24. The predicted octanol–water partition coefficient (Wildman–Crippen LogP) is 3.24. The second kappa shape index (κ2) is 5.93. The number of thiazole rings is 1. The lowest BCUT2D eigenvalue weighted by Crippen LogP contribution is -2.47. The Labute approximate surface area is 129 Å². The summed E-state index contributed by atoms with van der Waals surface area (Å²) in [6, 6.07) is 0.981. The van der Waals surface area contributed by atoms with Crippen molar-refractivity contribution in [1.29, 1.82) is 0 Å². The first-order valence-electron chi connectivity index (χ1n) is 7.83. The molecule has 1 aliphatic carbocycles. The van der Waals surface area contributed by atoms with Gasteiger partial charge in [0.1, 0.15) is 5.92 Å². The molecule has 0 bridgehead atoms. The average molecular weight is 309 g/mol. The predicted molar refractivity (Wildman–Crippen MR) is 83.7 cm³/mol. The van der Waals surface area contributed by atoms with Crippen LogP contribution in [0.1, 0.15) is 62.4 Å². The van der Waals surface area contributed by atoms with Gasteiger partial charge in [-0.25, -0.2) is 9.99 Å². The number of hydrazine groups is 1. The minimum atomic E-state index is -0.743. The van der Waals surface area contributed by atoms with Gasteiger partial charge in [-0.3, -0.25) is 10.2 Å². The van der Waals surface area contributed by atoms with E-state index in [0.29, 0.717) is 18.5 Å². The summed E-state index contributed by atoms with van der Waals surface area (Å²) >= 11 is 1.63. The second-order valence-electron chi connectivity index (χ2n) is 6.26. The van der Waals surface area contributed by atoms with Crippen LogP contribution >= 0.6 is 11.3 Å². The summed E-state index contributed by atoms with van der Waals surface area (Å²) in [5.74, 6) is -1.16. The van der Waals surface area contributed by atoms with E-state index in [2.05, 4.69) is 29.3 Å². The topological polar surface area (TPSA) is 65.5 Å². The third-order valence-electron chi connectivity index (χ3n) is 4.67. The van der Waals surface area contributed by atoms with Crippen LogP contribution in [-0.4, -0.2) is 33.2 Å². The van der Waals surface area contributed by atoms with Gasteiger partial charge in [-0.1, -0.05) is 6.42 Å². The van der Waals surface area contributed by atoms with Gasteiger partial charge < -0.3 is 5.11 Å². The zero-order chi connectivity index (χ0) is 15.0. The molecule has 5 nitrogen and oxygen atoms in total. The molecule has 1 fully saturated rings. The van der Waals surface area contributed by atoms with E-state index in [4.69, 9.17) is 0 Å². The van der Waals surface area contributed by atoms with Crippen LogP contribution in [0.15, 0.2) is 0 Å². The van der Waals surface area contributed by atoms with Crippen LogP contribution in [0.5, 0.6) is 0 Å². The second-order valence-corrected chi connectivity index (χ2v) is 7.34.